The second-order valence-corrected chi connectivity index (χ2v) is 7.26. The molecule has 4 rings (SSSR count). The summed E-state index contributed by atoms with van der Waals surface area (Å²) in [5, 5.41) is 3.51. The first-order chi connectivity index (χ1) is 12.6. The van der Waals surface area contributed by atoms with Gasteiger partial charge in [-0.1, -0.05) is 55.8 Å². The third-order valence-electron chi connectivity index (χ3n) is 4.82. The summed E-state index contributed by atoms with van der Waals surface area (Å²) in [5.41, 5.74) is 5.95. The summed E-state index contributed by atoms with van der Waals surface area (Å²) < 4.78 is 4.58. The molecule has 0 radical (unpaired) electrons. The van der Waals surface area contributed by atoms with Gasteiger partial charge in [0.15, 0.2) is 0 Å². The van der Waals surface area contributed by atoms with Gasteiger partial charge in [0.05, 0.1) is 16.7 Å². The summed E-state index contributed by atoms with van der Waals surface area (Å²) in [7, 11) is 0. The van der Waals surface area contributed by atoms with Crippen LogP contribution in [0.4, 0.5) is 0 Å². The molecule has 4 nitrogen and oxygen atoms in total. The number of nitrogens with zero attached hydrogens (tertiary/aromatic N) is 3. The van der Waals surface area contributed by atoms with Crippen molar-refractivity contribution in [2.45, 2.75) is 39.8 Å². The Balaban J connectivity index is 1.78. The fourth-order valence-electron chi connectivity index (χ4n) is 3.45. The molecule has 0 aliphatic carbocycles. The Labute approximate surface area is 154 Å². The smallest absolute Gasteiger partial charge is 0.215 e. The van der Waals surface area contributed by atoms with Crippen LogP contribution in [0, 0.1) is 6.92 Å². The van der Waals surface area contributed by atoms with Crippen molar-refractivity contribution in [2.24, 2.45) is 0 Å². The van der Waals surface area contributed by atoms with Crippen LogP contribution in [0.5, 0.6) is 0 Å². The van der Waals surface area contributed by atoms with Crippen LogP contribution < -0.4 is 5.32 Å². The molecule has 0 spiro atoms. The summed E-state index contributed by atoms with van der Waals surface area (Å²) in [6.45, 7) is 8.46. The molecule has 4 heteroatoms. The maximum Gasteiger partial charge on any atom is 0.215 e. The third kappa shape index (κ3) is 3.13. The van der Waals surface area contributed by atoms with Crippen LogP contribution in [0.25, 0.3) is 28.1 Å². The molecule has 0 saturated heterocycles. The van der Waals surface area contributed by atoms with Crippen LogP contribution in [-0.2, 0) is 6.54 Å². The zero-order chi connectivity index (χ0) is 18.1. The van der Waals surface area contributed by atoms with Crippen LogP contribution in [0.2, 0.25) is 0 Å². The Morgan fingerprint density at radius 3 is 2.58 bits per heavy atom. The van der Waals surface area contributed by atoms with Crippen LogP contribution in [0.15, 0.2) is 54.7 Å². The molecule has 4 aromatic rings. The number of hydrogen-bond acceptors (Lipinski definition) is 2. The first-order valence-electron chi connectivity index (χ1n) is 9.40. The van der Waals surface area contributed by atoms with E-state index in [1.807, 2.05) is 6.07 Å². The van der Waals surface area contributed by atoms with E-state index in [0.717, 1.165) is 36.3 Å². The van der Waals surface area contributed by atoms with Gasteiger partial charge in [0.25, 0.3) is 0 Å². The maximum atomic E-state index is 4.90. The standard InChI is InChI=1S/C22H26N4/c1-16(2)23-13-6-14-25-21(18-11-9-17(3)10-12-18)15-26-20-8-5-4-7-19(20)24-22(25)26/h4-5,7-12,15-16,23H,6,13-14H2,1-3H3. The van der Waals surface area contributed by atoms with Gasteiger partial charge in [0, 0.05) is 18.8 Å². The second-order valence-electron chi connectivity index (χ2n) is 7.26. The quantitative estimate of drug-likeness (QED) is 0.516. The minimum atomic E-state index is 0.519. The minimum absolute atomic E-state index is 0.519. The minimum Gasteiger partial charge on any atom is -0.314 e. The van der Waals surface area contributed by atoms with E-state index < -0.39 is 0 Å². The van der Waals surface area contributed by atoms with Gasteiger partial charge in [0.2, 0.25) is 5.78 Å². The second kappa shape index (κ2) is 6.96. The SMILES string of the molecule is Cc1ccc(-c2cn3c4ccccc4nc3n2CCCNC(C)C)cc1. The highest BCUT2D eigenvalue weighted by atomic mass is 15.2. The van der Waals surface area contributed by atoms with Crippen molar-refractivity contribution >= 4 is 16.8 Å². The maximum absolute atomic E-state index is 4.90. The van der Waals surface area contributed by atoms with Crippen LogP contribution >= 0.6 is 0 Å². The van der Waals surface area contributed by atoms with Crippen molar-refractivity contribution in [3.05, 3.63) is 60.3 Å². The number of hydrogen-bond donors (Lipinski definition) is 1. The van der Waals surface area contributed by atoms with Crippen molar-refractivity contribution in [1.29, 1.82) is 0 Å². The predicted molar refractivity (Wildman–Crippen MR) is 109 cm³/mol. The monoisotopic (exact) mass is 346 g/mol. The Morgan fingerprint density at radius 1 is 1.04 bits per heavy atom. The van der Waals surface area contributed by atoms with Crippen LogP contribution in [0.1, 0.15) is 25.8 Å². The Morgan fingerprint density at radius 2 is 1.81 bits per heavy atom. The molecule has 0 saturated carbocycles. The van der Waals surface area contributed by atoms with Crippen molar-refractivity contribution in [1.82, 2.24) is 19.3 Å². The van der Waals surface area contributed by atoms with E-state index >= 15 is 0 Å². The molecule has 0 aliphatic heterocycles. The Kier molecular flexibility index (Phi) is 4.51. The van der Waals surface area contributed by atoms with Gasteiger partial charge in [-0.3, -0.25) is 4.40 Å². The van der Waals surface area contributed by atoms with Gasteiger partial charge >= 0.3 is 0 Å². The van der Waals surface area contributed by atoms with Gasteiger partial charge in [-0.15, -0.1) is 0 Å². The first-order valence-corrected chi connectivity index (χ1v) is 9.40. The van der Waals surface area contributed by atoms with Gasteiger partial charge in [-0.2, -0.15) is 0 Å². The first kappa shape index (κ1) is 16.9. The zero-order valence-corrected chi connectivity index (χ0v) is 15.7. The highest BCUT2D eigenvalue weighted by molar-refractivity contribution is 5.81. The fourth-order valence-corrected chi connectivity index (χ4v) is 3.45. The molecular weight excluding hydrogens is 320 g/mol. The molecule has 2 aromatic carbocycles. The van der Waals surface area contributed by atoms with Crippen molar-refractivity contribution in [2.75, 3.05) is 6.54 Å². The fraction of sp³-hybridized carbons (Fsp3) is 0.318. The number of nitrogens with one attached hydrogen (secondary N) is 1. The summed E-state index contributed by atoms with van der Waals surface area (Å²) in [5.74, 6) is 1.02. The Hall–Kier alpha value is -2.59. The number of benzene rings is 2. The van der Waals surface area contributed by atoms with Gasteiger partial charge in [-0.05, 0) is 37.6 Å². The molecule has 0 atom stereocenters. The molecule has 26 heavy (non-hydrogen) atoms. The van der Waals surface area contributed by atoms with E-state index in [-0.39, 0.29) is 0 Å². The molecule has 1 N–H and O–H groups in total. The lowest BCUT2D eigenvalue weighted by atomic mass is 10.1. The molecule has 134 valence electrons. The number of para-hydroxylation sites is 2. The average Bonchev–Trinajstić information content (AvgIpc) is 3.16. The topological polar surface area (TPSA) is 34.3 Å². The molecule has 2 aromatic heterocycles. The third-order valence-corrected chi connectivity index (χ3v) is 4.82. The lowest BCUT2D eigenvalue weighted by Crippen LogP contribution is -2.24. The molecule has 0 aliphatic rings. The average molecular weight is 346 g/mol. The number of rotatable bonds is 6. The summed E-state index contributed by atoms with van der Waals surface area (Å²) in [6, 6.07) is 17.6. The molecule has 0 amide bonds. The van der Waals surface area contributed by atoms with E-state index in [1.54, 1.807) is 0 Å². The van der Waals surface area contributed by atoms with Gasteiger partial charge in [-0.25, -0.2) is 4.98 Å². The van der Waals surface area contributed by atoms with Crippen LogP contribution in [0.3, 0.4) is 0 Å². The van der Waals surface area contributed by atoms with Crippen LogP contribution in [-0.4, -0.2) is 26.5 Å². The lowest BCUT2D eigenvalue weighted by Gasteiger charge is -2.11. The van der Waals surface area contributed by atoms with Crippen molar-refractivity contribution in [3.63, 3.8) is 0 Å². The molecule has 2 heterocycles. The van der Waals surface area contributed by atoms with E-state index in [4.69, 9.17) is 4.98 Å². The number of aryl methyl sites for hydroxylation is 2. The number of aromatic nitrogens is 3. The van der Waals surface area contributed by atoms with E-state index in [9.17, 15) is 0 Å². The Bertz CT molecular complexity index is 1020. The van der Waals surface area contributed by atoms with E-state index in [1.165, 1.54) is 16.8 Å². The van der Waals surface area contributed by atoms with E-state index in [0.29, 0.717) is 6.04 Å². The predicted octanol–water partition coefficient (Wildman–Crippen LogP) is 4.65. The highest BCUT2D eigenvalue weighted by Crippen LogP contribution is 2.27. The molecule has 0 fully saturated rings. The zero-order valence-electron chi connectivity index (χ0n) is 15.7. The summed E-state index contributed by atoms with van der Waals surface area (Å²) >= 11 is 0. The molecule has 0 bridgehead atoms. The number of fused-ring (bicyclic) bond motifs is 3. The molecular formula is C22H26N4. The summed E-state index contributed by atoms with van der Waals surface area (Å²) in [6.07, 6.45) is 3.30. The number of imidazole rings is 2. The highest BCUT2D eigenvalue weighted by Gasteiger charge is 2.15. The van der Waals surface area contributed by atoms with Gasteiger partial charge in [0.1, 0.15) is 0 Å². The molecule has 0 unspecified atom stereocenters. The van der Waals surface area contributed by atoms with Crippen molar-refractivity contribution in [3.8, 4) is 11.3 Å². The summed E-state index contributed by atoms with van der Waals surface area (Å²) in [4.78, 5) is 4.90. The lowest BCUT2D eigenvalue weighted by molar-refractivity contribution is 0.541. The van der Waals surface area contributed by atoms with Crippen molar-refractivity contribution < 1.29 is 0 Å². The normalized spacial score (nSPS) is 11.8. The largest absolute Gasteiger partial charge is 0.314 e. The van der Waals surface area contributed by atoms with Gasteiger partial charge < -0.3 is 9.88 Å². The van der Waals surface area contributed by atoms with E-state index in [2.05, 4.69) is 83.7 Å².